The van der Waals surface area contributed by atoms with Gasteiger partial charge in [-0.2, -0.15) is 13.2 Å². The van der Waals surface area contributed by atoms with Crippen molar-refractivity contribution in [2.45, 2.75) is 32.4 Å². The zero-order valence-electron chi connectivity index (χ0n) is 13.4. The van der Waals surface area contributed by atoms with Gasteiger partial charge in [-0.3, -0.25) is 9.69 Å². The average Bonchev–Trinajstić information content (AvgIpc) is 2.43. The monoisotopic (exact) mass is 332 g/mol. The molecule has 130 valence electrons. The molecule has 0 unspecified atom stereocenters. The second kappa shape index (κ2) is 8.88. The Morgan fingerprint density at radius 1 is 1.30 bits per heavy atom. The SMILES string of the molecule is CC(C)c1ccccc1NC(=O)CN(CCCO)CC(F)(F)F. The lowest BCUT2D eigenvalue weighted by Crippen LogP contribution is -2.40. The van der Waals surface area contributed by atoms with Crippen LogP contribution in [-0.2, 0) is 4.79 Å². The summed E-state index contributed by atoms with van der Waals surface area (Å²) in [5, 5.41) is 11.4. The van der Waals surface area contributed by atoms with Crippen LogP contribution in [0.25, 0.3) is 0 Å². The van der Waals surface area contributed by atoms with E-state index in [2.05, 4.69) is 5.32 Å². The molecule has 0 aliphatic rings. The second-order valence-electron chi connectivity index (χ2n) is 5.69. The molecule has 23 heavy (non-hydrogen) atoms. The molecular weight excluding hydrogens is 309 g/mol. The minimum absolute atomic E-state index is 0.00918. The highest BCUT2D eigenvalue weighted by Crippen LogP contribution is 2.23. The Kier molecular flexibility index (Phi) is 7.51. The lowest BCUT2D eigenvalue weighted by molar-refractivity contribution is -0.148. The largest absolute Gasteiger partial charge is 0.401 e. The number of halogens is 3. The fraction of sp³-hybridized carbons (Fsp3) is 0.562. The zero-order chi connectivity index (χ0) is 17.5. The molecule has 0 saturated carbocycles. The summed E-state index contributed by atoms with van der Waals surface area (Å²) in [6, 6.07) is 7.22. The van der Waals surface area contributed by atoms with Gasteiger partial charge in [0.15, 0.2) is 0 Å². The highest BCUT2D eigenvalue weighted by molar-refractivity contribution is 5.93. The van der Waals surface area contributed by atoms with Crippen molar-refractivity contribution in [3.63, 3.8) is 0 Å². The van der Waals surface area contributed by atoms with Gasteiger partial charge in [-0.1, -0.05) is 32.0 Å². The van der Waals surface area contributed by atoms with Gasteiger partial charge in [-0.05, 0) is 24.0 Å². The third-order valence-corrected chi connectivity index (χ3v) is 3.26. The van der Waals surface area contributed by atoms with E-state index in [1.54, 1.807) is 12.1 Å². The Morgan fingerprint density at radius 2 is 1.96 bits per heavy atom. The number of carbonyl (C=O) groups is 1. The molecule has 1 aromatic rings. The first-order valence-electron chi connectivity index (χ1n) is 7.51. The van der Waals surface area contributed by atoms with Crippen LogP contribution in [-0.4, -0.2) is 48.3 Å². The van der Waals surface area contributed by atoms with E-state index < -0.39 is 18.6 Å². The predicted octanol–water partition coefficient (Wildman–Crippen LogP) is 3.00. The Labute approximate surface area is 134 Å². The molecule has 1 rings (SSSR count). The Bertz CT molecular complexity index is 504. The smallest absolute Gasteiger partial charge is 0.396 e. The predicted molar refractivity (Wildman–Crippen MR) is 83.4 cm³/mol. The van der Waals surface area contributed by atoms with E-state index in [0.29, 0.717) is 5.69 Å². The van der Waals surface area contributed by atoms with Crippen molar-refractivity contribution in [3.05, 3.63) is 29.8 Å². The summed E-state index contributed by atoms with van der Waals surface area (Å²) in [5.74, 6) is -0.313. The fourth-order valence-corrected chi connectivity index (χ4v) is 2.27. The maximum absolute atomic E-state index is 12.5. The van der Waals surface area contributed by atoms with Gasteiger partial charge in [0.2, 0.25) is 5.91 Å². The molecule has 0 spiro atoms. The van der Waals surface area contributed by atoms with Crippen LogP contribution in [0, 0.1) is 0 Å². The highest BCUT2D eigenvalue weighted by Gasteiger charge is 2.31. The number of aliphatic hydroxyl groups is 1. The fourth-order valence-electron chi connectivity index (χ4n) is 2.27. The van der Waals surface area contributed by atoms with Crippen LogP contribution < -0.4 is 5.32 Å². The number of anilines is 1. The standard InChI is InChI=1S/C16H23F3N2O2/c1-12(2)13-6-3-4-7-14(13)20-15(23)10-21(8-5-9-22)11-16(17,18)19/h3-4,6-7,12,22H,5,8-11H2,1-2H3,(H,20,23). The van der Waals surface area contributed by atoms with E-state index in [4.69, 9.17) is 5.11 Å². The minimum atomic E-state index is -4.38. The number of hydrogen-bond donors (Lipinski definition) is 2. The van der Waals surface area contributed by atoms with Crippen LogP contribution in [0.3, 0.4) is 0 Å². The van der Waals surface area contributed by atoms with E-state index in [1.807, 2.05) is 26.0 Å². The molecule has 0 aromatic heterocycles. The summed E-state index contributed by atoms with van der Waals surface area (Å²) in [5.41, 5.74) is 1.54. The van der Waals surface area contributed by atoms with Gasteiger partial charge in [-0.15, -0.1) is 0 Å². The molecule has 2 N–H and O–H groups in total. The van der Waals surface area contributed by atoms with Crippen LogP contribution in [0.2, 0.25) is 0 Å². The number of benzene rings is 1. The summed E-state index contributed by atoms with van der Waals surface area (Å²) in [6.07, 6.45) is -4.20. The molecule has 7 heteroatoms. The maximum Gasteiger partial charge on any atom is 0.401 e. The van der Waals surface area contributed by atoms with Crippen LogP contribution in [0.15, 0.2) is 24.3 Å². The molecule has 1 aromatic carbocycles. The van der Waals surface area contributed by atoms with E-state index in [9.17, 15) is 18.0 Å². The summed E-state index contributed by atoms with van der Waals surface area (Å²) in [7, 11) is 0. The molecule has 0 aliphatic carbocycles. The Morgan fingerprint density at radius 3 is 2.52 bits per heavy atom. The highest BCUT2D eigenvalue weighted by atomic mass is 19.4. The number of alkyl halides is 3. The first kappa shape index (κ1) is 19.4. The molecule has 0 bridgehead atoms. The van der Waals surface area contributed by atoms with E-state index in [1.165, 1.54) is 0 Å². The number of amides is 1. The van der Waals surface area contributed by atoms with Crippen molar-refractivity contribution in [3.8, 4) is 0 Å². The quantitative estimate of drug-likeness (QED) is 0.769. The first-order chi connectivity index (χ1) is 10.7. The minimum Gasteiger partial charge on any atom is -0.396 e. The Hall–Kier alpha value is -1.60. The topological polar surface area (TPSA) is 52.6 Å². The van der Waals surface area contributed by atoms with E-state index in [-0.39, 0.29) is 32.0 Å². The van der Waals surface area contributed by atoms with E-state index >= 15 is 0 Å². The molecule has 4 nitrogen and oxygen atoms in total. The average molecular weight is 332 g/mol. The maximum atomic E-state index is 12.5. The van der Waals surface area contributed by atoms with Gasteiger partial charge < -0.3 is 10.4 Å². The molecule has 0 fully saturated rings. The van der Waals surface area contributed by atoms with Crippen molar-refractivity contribution >= 4 is 11.6 Å². The summed E-state index contributed by atoms with van der Waals surface area (Å²) in [4.78, 5) is 13.1. The number of carbonyl (C=O) groups excluding carboxylic acids is 1. The van der Waals surface area contributed by atoms with Gasteiger partial charge >= 0.3 is 6.18 Å². The van der Waals surface area contributed by atoms with Crippen molar-refractivity contribution < 1.29 is 23.1 Å². The van der Waals surface area contributed by atoms with Gasteiger partial charge in [-0.25, -0.2) is 0 Å². The van der Waals surface area contributed by atoms with Gasteiger partial charge in [0.1, 0.15) is 0 Å². The van der Waals surface area contributed by atoms with Crippen LogP contribution in [0.5, 0.6) is 0 Å². The van der Waals surface area contributed by atoms with Crippen molar-refractivity contribution in [1.82, 2.24) is 4.90 Å². The van der Waals surface area contributed by atoms with Crippen LogP contribution >= 0.6 is 0 Å². The van der Waals surface area contributed by atoms with Gasteiger partial charge in [0.05, 0.1) is 13.1 Å². The zero-order valence-corrected chi connectivity index (χ0v) is 13.4. The summed E-state index contributed by atoms with van der Waals surface area (Å²) >= 11 is 0. The second-order valence-corrected chi connectivity index (χ2v) is 5.69. The molecule has 0 radical (unpaired) electrons. The number of aliphatic hydroxyl groups excluding tert-OH is 1. The van der Waals surface area contributed by atoms with Crippen molar-refractivity contribution in [2.75, 3.05) is 31.6 Å². The molecular formula is C16H23F3N2O2. The summed E-state index contributed by atoms with van der Waals surface area (Å²) in [6.45, 7) is 2.20. The molecule has 0 atom stereocenters. The van der Waals surface area contributed by atoms with Gasteiger partial charge in [0.25, 0.3) is 0 Å². The Balaban J connectivity index is 2.72. The van der Waals surface area contributed by atoms with Crippen LogP contribution in [0.1, 0.15) is 31.7 Å². The number of nitrogens with one attached hydrogen (secondary N) is 1. The van der Waals surface area contributed by atoms with Gasteiger partial charge in [0, 0.05) is 18.8 Å². The normalized spacial score (nSPS) is 12.0. The third kappa shape index (κ3) is 7.47. The third-order valence-electron chi connectivity index (χ3n) is 3.26. The lowest BCUT2D eigenvalue weighted by Gasteiger charge is -2.23. The molecule has 0 aliphatic heterocycles. The van der Waals surface area contributed by atoms with Crippen LogP contribution in [0.4, 0.5) is 18.9 Å². The van der Waals surface area contributed by atoms with E-state index in [0.717, 1.165) is 10.5 Å². The molecule has 0 heterocycles. The number of hydrogen-bond acceptors (Lipinski definition) is 3. The molecule has 0 saturated heterocycles. The van der Waals surface area contributed by atoms with Crippen molar-refractivity contribution in [1.29, 1.82) is 0 Å². The first-order valence-corrected chi connectivity index (χ1v) is 7.51. The molecule has 1 amide bonds. The number of nitrogens with zero attached hydrogens (tertiary/aromatic N) is 1. The van der Waals surface area contributed by atoms with Crippen molar-refractivity contribution in [2.24, 2.45) is 0 Å². The number of rotatable bonds is 8. The number of para-hydroxylation sites is 1. The summed E-state index contributed by atoms with van der Waals surface area (Å²) < 4.78 is 37.6. The lowest BCUT2D eigenvalue weighted by atomic mass is 10.0.